The zero-order valence-corrected chi connectivity index (χ0v) is 14.9. The number of methoxy groups -OCH3 is 1. The fraction of sp³-hybridized carbons (Fsp3) is 0.294. The Morgan fingerprint density at radius 1 is 1.21 bits per heavy atom. The van der Waals surface area contributed by atoms with Crippen LogP contribution < -0.4 is 15.4 Å². The summed E-state index contributed by atoms with van der Waals surface area (Å²) < 4.78 is 11.0. The number of ether oxygens (including phenoxy) is 1. The van der Waals surface area contributed by atoms with Gasteiger partial charge in [0.15, 0.2) is 5.76 Å². The molecule has 0 aliphatic carbocycles. The maximum atomic E-state index is 11.8. The van der Waals surface area contributed by atoms with E-state index in [1.807, 2.05) is 18.2 Å². The van der Waals surface area contributed by atoms with Gasteiger partial charge in [0.05, 0.1) is 17.8 Å². The van der Waals surface area contributed by atoms with Gasteiger partial charge in [0.25, 0.3) is 5.91 Å². The highest BCUT2D eigenvalue weighted by molar-refractivity contribution is 9.10. The van der Waals surface area contributed by atoms with E-state index in [9.17, 15) is 9.59 Å². The summed E-state index contributed by atoms with van der Waals surface area (Å²) in [7, 11) is 1.61. The molecule has 0 unspecified atom stereocenters. The van der Waals surface area contributed by atoms with Gasteiger partial charge in [-0.05, 0) is 52.2 Å². The second-order valence-electron chi connectivity index (χ2n) is 5.05. The molecule has 0 saturated heterocycles. The Hall–Kier alpha value is -2.28. The highest BCUT2D eigenvalue weighted by Crippen LogP contribution is 2.25. The maximum absolute atomic E-state index is 11.8. The maximum Gasteiger partial charge on any atom is 0.287 e. The van der Waals surface area contributed by atoms with Gasteiger partial charge in [-0.3, -0.25) is 9.59 Å². The zero-order chi connectivity index (χ0) is 17.4. The number of rotatable bonds is 8. The molecule has 2 amide bonds. The first-order chi connectivity index (χ1) is 11.6. The third-order valence-corrected chi connectivity index (χ3v) is 3.95. The predicted molar refractivity (Wildman–Crippen MR) is 93.1 cm³/mol. The molecule has 0 saturated carbocycles. The number of carbonyl (C=O) groups is 2. The molecule has 0 fully saturated rings. The average Bonchev–Trinajstić information content (AvgIpc) is 3.11. The summed E-state index contributed by atoms with van der Waals surface area (Å²) in [6.45, 7) is 0.719. The third kappa shape index (κ3) is 5.42. The molecule has 2 rings (SSSR count). The van der Waals surface area contributed by atoms with Crippen molar-refractivity contribution in [1.29, 1.82) is 0 Å². The number of benzene rings is 1. The number of amides is 2. The van der Waals surface area contributed by atoms with Crippen molar-refractivity contribution in [3.05, 3.63) is 52.4 Å². The minimum Gasteiger partial charge on any atom is -0.496 e. The summed E-state index contributed by atoms with van der Waals surface area (Å²) in [5.74, 6) is 0.661. The normalized spacial score (nSPS) is 10.2. The van der Waals surface area contributed by atoms with E-state index in [-0.39, 0.29) is 17.6 Å². The lowest BCUT2D eigenvalue weighted by Gasteiger charge is -2.08. The predicted octanol–water partition coefficient (Wildman–Crippen LogP) is 2.53. The molecular weight excluding hydrogens is 376 g/mol. The number of carbonyl (C=O) groups excluding carboxylic acids is 2. The molecule has 0 atom stereocenters. The van der Waals surface area contributed by atoms with Gasteiger partial charge in [-0.25, -0.2) is 0 Å². The molecular formula is C17H19BrN2O4. The topological polar surface area (TPSA) is 80.6 Å². The van der Waals surface area contributed by atoms with Crippen LogP contribution in [0.15, 0.2) is 45.5 Å². The van der Waals surface area contributed by atoms with Crippen LogP contribution >= 0.6 is 15.9 Å². The molecule has 1 aromatic carbocycles. The molecule has 2 aromatic rings. The van der Waals surface area contributed by atoms with Gasteiger partial charge in [-0.2, -0.15) is 0 Å². The Balaban J connectivity index is 1.65. The number of halogens is 1. The quantitative estimate of drug-likeness (QED) is 0.674. The first-order valence-electron chi connectivity index (χ1n) is 7.51. The molecule has 24 heavy (non-hydrogen) atoms. The van der Waals surface area contributed by atoms with E-state index in [0.29, 0.717) is 25.9 Å². The van der Waals surface area contributed by atoms with Crippen molar-refractivity contribution in [1.82, 2.24) is 10.6 Å². The van der Waals surface area contributed by atoms with Crippen LogP contribution in [-0.2, 0) is 11.2 Å². The highest BCUT2D eigenvalue weighted by Gasteiger charge is 2.08. The molecule has 2 N–H and O–H groups in total. The van der Waals surface area contributed by atoms with Crippen LogP contribution in [0.25, 0.3) is 0 Å². The standard InChI is InChI=1S/C17H19BrN2O4/c1-23-14-6-4-12(11-13(14)18)5-7-16(21)19-8-9-20-17(22)15-3-2-10-24-15/h2-4,6,10-11H,5,7-9H2,1H3,(H,19,21)(H,20,22). The van der Waals surface area contributed by atoms with Crippen molar-refractivity contribution in [2.24, 2.45) is 0 Å². The molecule has 1 heterocycles. The van der Waals surface area contributed by atoms with Gasteiger partial charge >= 0.3 is 0 Å². The molecule has 0 aliphatic rings. The number of furan rings is 1. The van der Waals surface area contributed by atoms with E-state index in [4.69, 9.17) is 9.15 Å². The van der Waals surface area contributed by atoms with Crippen LogP contribution in [0.4, 0.5) is 0 Å². The Kier molecular flexibility index (Phi) is 6.87. The fourth-order valence-electron chi connectivity index (χ4n) is 2.08. The number of nitrogens with one attached hydrogen (secondary N) is 2. The summed E-state index contributed by atoms with van der Waals surface area (Å²) in [6.07, 6.45) is 2.45. The van der Waals surface area contributed by atoms with Crippen molar-refractivity contribution in [3.63, 3.8) is 0 Å². The summed E-state index contributed by atoms with van der Waals surface area (Å²) >= 11 is 3.42. The van der Waals surface area contributed by atoms with Gasteiger partial charge in [-0.15, -0.1) is 0 Å². The van der Waals surface area contributed by atoms with Gasteiger partial charge < -0.3 is 19.8 Å². The summed E-state index contributed by atoms with van der Waals surface area (Å²) in [6, 6.07) is 8.97. The fourth-order valence-corrected chi connectivity index (χ4v) is 2.67. The van der Waals surface area contributed by atoms with Gasteiger partial charge in [-0.1, -0.05) is 6.07 Å². The van der Waals surface area contributed by atoms with E-state index in [2.05, 4.69) is 26.6 Å². The Bertz CT molecular complexity index is 686. The number of hydrogen-bond acceptors (Lipinski definition) is 4. The second-order valence-corrected chi connectivity index (χ2v) is 5.91. The monoisotopic (exact) mass is 394 g/mol. The summed E-state index contributed by atoms with van der Waals surface area (Å²) in [5, 5.41) is 5.44. The van der Waals surface area contributed by atoms with Crippen LogP contribution in [0.1, 0.15) is 22.5 Å². The van der Waals surface area contributed by atoms with Gasteiger partial charge in [0, 0.05) is 19.5 Å². The smallest absolute Gasteiger partial charge is 0.287 e. The lowest BCUT2D eigenvalue weighted by molar-refractivity contribution is -0.121. The van der Waals surface area contributed by atoms with Crippen molar-refractivity contribution in [2.45, 2.75) is 12.8 Å². The third-order valence-electron chi connectivity index (χ3n) is 3.33. The molecule has 0 bridgehead atoms. The van der Waals surface area contributed by atoms with Crippen LogP contribution in [0.3, 0.4) is 0 Å². The molecule has 7 heteroatoms. The SMILES string of the molecule is COc1ccc(CCC(=O)NCCNC(=O)c2ccco2)cc1Br. The molecule has 0 aliphatic heterocycles. The zero-order valence-electron chi connectivity index (χ0n) is 13.3. The Morgan fingerprint density at radius 2 is 2.00 bits per heavy atom. The summed E-state index contributed by atoms with van der Waals surface area (Å²) in [5.41, 5.74) is 1.05. The van der Waals surface area contributed by atoms with Gasteiger partial charge in [0.1, 0.15) is 5.75 Å². The van der Waals surface area contributed by atoms with E-state index in [1.54, 1.807) is 19.2 Å². The lowest BCUT2D eigenvalue weighted by Crippen LogP contribution is -2.34. The van der Waals surface area contributed by atoms with Crippen molar-refractivity contribution in [2.75, 3.05) is 20.2 Å². The Morgan fingerprint density at radius 3 is 2.67 bits per heavy atom. The van der Waals surface area contributed by atoms with Crippen LogP contribution in [0.5, 0.6) is 5.75 Å². The minimum atomic E-state index is -0.294. The second kappa shape index (κ2) is 9.12. The number of hydrogen-bond donors (Lipinski definition) is 2. The van der Waals surface area contributed by atoms with E-state index >= 15 is 0 Å². The van der Waals surface area contributed by atoms with Crippen LogP contribution in [0, 0.1) is 0 Å². The molecule has 0 radical (unpaired) electrons. The van der Waals surface area contributed by atoms with Crippen LogP contribution in [0.2, 0.25) is 0 Å². The minimum absolute atomic E-state index is 0.0609. The van der Waals surface area contributed by atoms with Crippen LogP contribution in [-0.4, -0.2) is 32.0 Å². The molecule has 128 valence electrons. The molecule has 6 nitrogen and oxygen atoms in total. The van der Waals surface area contributed by atoms with Crippen molar-refractivity contribution in [3.8, 4) is 5.75 Å². The van der Waals surface area contributed by atoms with Crippen molar-refractivity contribution < 1.29 is 18.7 Å². The average molecular weight is 395 g/mol. The largest absolute Gasteiger partial charge is 0.496 e. The van der Waals surface area contributed by atoms with E-state index in [0.717, 1.165) is 15.8 Å². The van der Waals surface area contributed by atoms with Crippen molar-refractivity contribution >= 4 is 27.7 Å². The first-order valence-corrected chi connectivity index (χ1v) is 8.30. The molecule has 1 aromatic heterocycles. The Labute approximate surface area is 148 Å². The molecule has 0 spiro atoms. The summed E-state index contributed by atoms with van der Waals surface area (Å²) in [4.78, 5) is 23.4. The van der Waals surface area contributed by atoms with E-state index in [1.165, 1.54) is 6.26 Å². The highest BCUT2D eigenvalue weighted by atomic mass is 79.9. The first kappa shape index (κ1) is 18.1. The van der Waals surface area contributed by atoms with Gasteiger partial charge in [0.2, 0.25) is 5.91 Å². The number of aryl methyl sites for hydroxylation is 1. The lowest BCUT2D eigenvalue weighted by atomic mass is 10.1. The van der Waals surface area contributed by atoms with E-state index < -0.39 is 0 Å².